The summed E-state index contributed by atoms with van der Waals surface area (Å²) in [5.41, 5.74) is 5.91. The van der Waals surface area contributed by atoms with Crippen molar-refractivity contribution in [2.45, 2.75) is 19.9 Å². The Morgan fingerprint density at radius 2 is 2.24 bits per heavy atom. The largest absolute Gasteiger partial charge is 0.481 e. The number of nitrogens with two attached hydrogens (primary N) is 1. The molecular formula is C10H15N3O3S. The second-order valence-corrected chi connectivity index (χ2v) is 4.70. The number of thiazole rings is 1. The van der Waals surface area contributed by atoms with Crippen LogP contribution < -0.4 is 11.1 Å². The zero-order valence-electron chi connectivity index (χ0n) is 9.64. The van der Waals surface area contributed by atoms with E-state index in [1.54, 1.807) is 12.3 Å². The van der Waals surface area contributed by atoms with Crippen LogP contribution in [0.2, 0.25) is 0 Å². The molecule has 0 saturated carbocycles. The summed E-state index contributed by atoms with van der Waals surface area (Å²) in [4.78, 5) is 26.2. The third-order valence-electron chi connectivity index (χ3n) is 2.13. The summed E-state index contributed by atoms with van der Waals surface area (Å²) < 4.78 is 0. The molecule has 0 saturated heterocycles. The topological polar surface area (TPSA) is 105 Å². The quantitative estimate of drug-likeness (QED) is 0.716. The van der Waals surface area contributed by atoms with Crippen LogP contribution in [0.5, 0.6) is 0 Å². The SMILES string of the molecule is CC(CNC(=O)c1csc(C(C)N)n1)C(=O)O. The van der Waals surface area contributed by atoms with Gasteiger partial charge in [0.2, 0.25) is 0 Å². The summed E-state index contributed by atoms with van der Waals surface area (Å²) >= 11 is 1.31. The van der Waals surface area contributed by atoms with E-state index >= 15 is 0 Å². The molecule has 0 aliphatic rings. The lowest BCUT2D eigenvalue weighted by molar-refractivity contribution is -0.140. The molecule has 1 heterocycles. The van der Waals surface area contributed by atoms with E-state index in [-0.39, 0.29) is 24.2 Å². The first-order valence-electron chi connectivity index (χ1n) is 5.13. The van der Waals surface area contributed by atoms with Gasteiger partial charge in [-0.15, -0.1) is 11.3 Å². The number of nitrogens with zero attached hydrogens (tertiary/aromatic N) is 1. The van der Waals surface area contributed by atoms with Gasteiger partial charge in [0.05, 0.1) is 12.0 Å². The molecule has 0 spiro atoms. The van der Waals surface area contributed by atoms with E-state index in [4.69, 9.17) is 10.8 Å². The molecule has 1 aromatic heterocycles. The zero-order chi connectivity index (χ0) is 13.0. The highest BCUT2D eigenvalue weighted by Crippen LogP contribution is 2.15. The second-order valence-electron chi connectivity index (χ2n) is 3.81. The molecule has 4 N–H and O–H groups in total. The Hall–Kier alpha value is -1.47. The number of carbonyl (C=O) groups is 2. The maximum atomic E-state index is 11.6. The van der Waals surface area contributed by atoms with Crippen molar-refractivity contribution < 1.29 is 14.7 Å². The summed E-state index contributed by atoms with van der Waals surface area (Å²) in [5.74, 6) is -1.94. The van der Waals surface area contributed by atoms with Crippen molar-refractivity contribution in [1.82, 2.24) is 10.3 Å². The fourth-order valence-electron chi connectivity index (χ4n) is 1.02. The van der Waals surface area contributed by atoms with Gasteiger partial charge in [-0.25, -0.2) is 4.98 Å². The number of hydrogen-bond acceptors (Lipinski definition) is 5. The van der Waals surface area contributed by atoms with E-state index in [0.717, 1.165) is 0 Å². The van der Waals surface area contributed by atoms with Gasteiger partial charge in [0.1, 0.15) is 10.7 Å². The Bertz CT molecular complexity index is 417. The minimum atomic E-state index is -0.945. The summed E-state index contributed by atoms with van der Waals surface area (Å²) in [7, 11) is 0. The lowest BCUT2D eigenvalue weighted by Crippen LogP contribution is -2.31. The number of carboxylic acid groups (broad SMARTS) is 1. The second kappa shape index (κ2) is 5.74. The van der Waals surface area contributed by atoms with Crippen molar-refractivity contribution in [2.75, 3.05) is 6.54 Å². The van der Waals surface area contributed by atoms with E-state index in [0.29, 0.717) is 5.01 Å². The van der Waals surface area contributed by atoms with Crippen molar-refractivity contribution in [3.8, 4) is 0 Å². The molecule has 7 heteroatoms. The van der Waals surface area contributed by atoms with Crippen LogP contribution in [0.4, 0.5) is 0 Å². The number of rotatable bonds is 5. The molecule has 0 aromatic carbocycles. The van der Waals surface area contributed by atoms with Crippen molar-refractivity contribution in [1.29, 1.82) is 0 Å². The van der Waals surface area contributed by atoms with Crippen LogP contribution in [-0.4, -0.2) is 28.5 Å². The Kier molecular flexibility index (Phi) is 4.59. The highest BCUT2D eigenvalue weighted by atomic mass is 32.1. The predicted octanol–water partition coefficient (Wildman–Crippen LogP) is 0.613. The van der Waals surface area contributed by atoms with Crippen LogP contribution in [0, 0.1) is 5.92 Å². The number of carboxylic acids is 1. The monoisotopic (exact) mass is 257 g/mol. The number of nitrogens with one attached hydrogen (secondary N) is 1. The molecular weight excluding hydrogens is 242 g/mol. The average molecular weight is 257 g/mol. The Labute approximate surface area is 103 Å². The lowest BCUT2D eigenvalue weighted by atomic mass is 10.2. The van der Waals surface area contributed by atoms with Crippen LogP contribution in [0.3, 0.4) is 0 Å². The van der Waals surface area contributed by atoms with E-state index in [1.165, 1.54) is 18.3 Å². The molecule has 0 bridgehead atoms. The van der Waals surface area contributed by atoms with Gasteiger partial charge in [0.25, 0.3) is 5.91 Å². The normalized spacial score (nSPS) is 14.1. The molecule has 94 valence electrons. The zero-order valence-corrected chi connectivity index (χ0v) is 10.5. The van der Waals surface area contributed by atoms with Crippen LogP contribution in [0.1, 0.15) is 35.4 Å². The minimum absolute atomic E-state index is 0.0825. The maximum Gasteiger partial charge on any atom is 0.308 e. The van der Waals surface area contributed by atoms with Crippen LogP contribution in [0.25, 0.3) is 0 Å². The van der Waals surface area contributed by atoms with E-state index < -0.39 is 11.9 Å². The Balaban J connectivity index is 2.55. The first-order chi connectivity index (χ1) is 7.91. The molecule has 17 heavy (non-hydrogen) atoms. The number of carbonyl (C=O) groups excluding carboxylic acids is 1. The minimum Gasteiger partial charge on any atom is -0.481 e. The maximum absolute atomic E-state index is 11.6. The number of hydrogen-bond donors (Lipinski definition) is 3. The standard InChI is InChI=1S/C10H15N3O3S/c1-5(10(15)16)3-12-8(14)7-4-17-9(13-7)6(2)11/h4-6H,3,11H2,1-2H3,(H,12,14)(H,15,16). The summed E-state index contributed by atoms with van der Waals surface area (Å²) in [6, 6.07) is -0.209. The highest BCUT2D eigenvalue weighted by molar-refractivity contribution is 7.09. The van der Waals surface area contributed by atoms with Gasteiger partial charge in [0.15, 0.2) is 0 Å². The molecule has 0 fully saturated rings. The smallest absolute Gasteiger partial charge is 0.308 e. The Morgan fingerprint density at radius 3 is 2.71 bits per heavy atom. The van der Waals surface area contributed by atoms with Crippen LogP contribution in [0.15, 0.2) is 5.38 Å². The van der Waals surface area contributed by atoms with Crippen LogP contribution >= 0.6 is 11.3 Å². The number of aromatic nitrogens is 1. The van der Waals surface area contributed by atoms with Gasteiger partial charge in [-0.3, -0.25) is 9.59 Å². The Morgan fingerprint density at radius 1 is 1.59 bits per heavy atom. The molecule has 6 nitrogen and oxygen atoms in total. The number of amides is 1. The molecule has 2 atom stereocenters. The van der Waals surface area contributed by atoms with E-state index in [1.807, 2.05) is 0 Å². The van der Waals surface area contributed by atoms with E-state index in [9.17, 15) is 9.59 Å². The van der Waals surface area contributed by atoms with Crippen molar-refractivity contribution in [2.24, 2.45) is 11.7 Å². The molecule has 0 aliphatic carbocycles. The van der Waals surface area contributed by atoms with Gasteiger partial charge in [-0.05, 0) is 6.92 Å². The fourth-order valence-corrected chi connectivity index (χ4v) is 1.78. The molecule has 1 aromatic rings. The molecule has 0 aliphatic heterocycles. The van der Waals surface area contributed by atoms with Gasteiger partial charge < -0.3 is 16.2 Å². The van der Waals surface area contributed by atoms with Crippen LogP contribution in [-0.2, 0) is 4.79 Å². The molecule has 2 unspecified atom stereocenters. The summed E-state index contributed by atoms with van der Waals surface area (Å²) in [6.45, 7) is 3.39. The van der Waals surface area contributed by atoms with Gasteiger partial charge in [-0.1, -0.05) is 6.92 Å². The molecule has 1 amide bonds. The van der Waals surface area contributed by atoms with Crippen molar-refractivity contribution in [3.63, 3.8) is 0 Å². The first kappa shape index (κ1) is 13.6. The van der Waals surface area contributed by atoms with Crippen molar-refractivity contribution in [3.05, 3.63) is 16.1 Å². The predicted molar refractivity (Wildman–Crippen MR) is 63.8 cm³/mol. The lowest BCUT2D eigenvalue weighted by Gasteiger charge is -2.06. The third kappa shape index (κ3) is 3.79. The van der Waals surface area contributed by atoms with Gasteiger partial charge in [0, 0.05) is 11.9 Å². The first-order valence-corrected chi connectivity index (χ1v) is 6.01. The van der Waals surface area contributed by atoms with Gasteiger partial charge >= 0.3 is 5.97 Å². The molecule has 1 rings (SSSR count). The van der Waals surface area contributed by atoms with Gasteiger partial charge in [-0.2, -0.15) is 0 Å². The number of aliphatic carboxylic acids is 1. The average Bonchev–Trinajstić information content (AvgIpc) is 2.74. The molecule has 0 radical (unpaired) electrons. The third-order valence-corrected chi connectivity index (χ3v) is 3.18. The van der Waals surface area contributed by atoms with E-state index in [2.05, 4.69) is 10.3 Å². The summed E-state index contributed by atoms with van der Waals surface area (Å²) in [5, 5.41) is 13.5. The summed E-state index contributed by atoms with van der Waals surface area (Å²) in [6.07, 6.45) is 0. The fraction of sp³-hybridized carbons (Fsp3) is 0.500. The highest BCUT2D eigenvalue weighted by Gasteiger charge is 2.15. The van der Waals surface area contributed by atoms with Crippen molar-refractivity contribution >= 4 is 23.2 Å².